The molecule has 2 aliphatic rings. The number of carbonyl (C=O) groups excluding carboxylic acids is 2. The van der Waals surface area contributed by atoms with E-state index in [0.717, 1.165) is 16.0 Å². The molecule has 0 spiro atoms. The highest BCUT2D eigenvalue weighted by Crippen LogP contribution is 2.49. The van der Waals surface area contributed by atoms with Crippen LogP contribution in [-0.4, -0.2) is 49.4 Å². The van der Waals surface area contributed by atoms with Crippen molar-refractivity contribution in [3.63, 3.8) is 0 Å². The Morgan fingerprint density at radius 3 is 2.52 bits per heavy atom. The summed E-state index contributed by atoms with van der Waals surface area (Å²) in [6.45, 7) is 2.70. The number of methoxy groups -OCH3 is 2. The molecule has 0 aliphatic carbocycles. The molecule has 2 heterocycles. The van der Waals surface area contributed by atoms with Crippen LogP contribution in [0.3, 0.4) is 0 Å². The van der Waals surface area contributed by atoms with E-state index in [2.05, 4.69) is 0 Å². The number of hydrogen-bond donors (Lipinski definition) is 0. The minimum atomic E-state index is -0.307. The Bertz CT molecular complexity index is 964. The molecule has 0 aromatic heterocycles. The van der Waals surface area contributed by atoms with Crippen LogP contribution in [0.1, 0.15) is 30.5 Å². The van der Waals surface area contributed by atoms with Crippen molar-refractivity contribution in [2.45, 2.75) is 36.0 Å². The molecular formula is C24H27NO5S. The van der Waals surface area contributed by atoms with Crippen LogP contribution in [-0.2, 0) is 20.7 Å². The topological polar surface area (TPSA) is 65.1 Å². The lowest BCUT2D eigenvalue weighted by molar-refractivity contribution is -0.152. The summed E-state index contributed by atoms with van der Waals surface area (Å²) in [5.74, 6) is 0.796. The Hall–Kier alpha value is -2.67. The van der Waals surface area contributed by atoms with Crippen molar-refractivity contribution in [3.8, 4) is 11.5 Å². The number of benzene rings is 2. The van der Waals surface area contributed by atoms with Crippen molar-refractivity contribution in [2.75, 3.05) is 27.4 Å². The molecule has 4 rings (SSSR count). The van der Waals surface area contributed by atoms with Gasteiger partial charge in [-0.25, -0.2) is 0 Å². The van der Waals surface area contributed by atoms with Gasteiger partial charge in [-0.3, -0.25) is 9.59 Å². The van der Waals surface area contributed by atoms with Gasteiger partial charge in [-0.05, 0) is 48.7 Å². The van der Waals surface area contributed by atoms with Gasteiger partial charge in [-0.2, -0.15) is 0 Å². The summed E-state index contributed by atoms with van der Waals surface area (Å²) in [6, 6.07) is 13.6. The second kappa shape index (κ2) is 9.22. The van der Waals surface area contributed by atoms with Crippen LogP contribution in [0.4, 0.5) is 0 Å². The van der Waals surface area contributed by atoms with Gasteiger partial charge in [0.1, 0.15) is 0 Å². The van der Waals surface area contributed by atoms with Gasteiger partial charge in [-0.15, -0.1) is 11.8 Å². The number of hydrogen-bond acceptors (Lipinski definition) is 6. The van der Waals surface area contributed by atoms with E-state index in [4.69, 9.17) is 14.2 Å². The molecule has 164 valence electrons. The van der Waals surface area contributed by atoms with Crippen LogP contribution >= 0.6 is 11.8 Å². The molecule has 2 aromatic carbocycles. The van der Waals surface area contributed by atoms with Gasteiger partial charge in [0.2, 0.25) is 5.91 Å². The van der Waals surface area contributed by atoms with E-state index in [9.17, 15) is 9.59 Å². The number of piperidine rings is 1. The fraction of sp³-hybridized carbons (Fsp3) is 0.417. The van der Waals surface area contributed by atoms with Crippen LogP contribution in [0.15, 0.2) is 47.4 Å². The zero-order chi connectivity index (χ0) is 22.0. The van der Waals surface area contributed by atoms with Crippen LogP contribution < -0.4 is 9.47 Å². The van der Waals surface area contributed by atoms with Crippen molar-refractivity contribution in [2.24, 2.45) is 5.92 Å². The van der Waals surface area contributed by atoms with E-state index >= 15 is 0 Å². The Kier molecular flexibility index (Phi) is 6.41. The molecular weight excluding hydrogens is 414 g/mol. The van der Waals surface area contributed by atoms with E-state index in [-0.39, 0.29) is 29.1 Å². The van der Waals surface area contributed by atoms with E-state index in [0.29, 0.717) is 37.5 Å². The summed E-state index contributed by atoms with van der Waals surface area (Å²) in [6.07, 6.45) is 0.910. The van der Waals surface area contributed by atoms with Crippen molar-refractivity contribution >= 4 is 23.6 Å². The highest BCUT2D eigenvalue weighted by molar-refractivity contribution is 8.00. The third-order valence-corrected chi connectivity index (χ3v) is 7.36. The molecule has 31 heavy (non-hydrogen) atoms. The third kappa shape index (κ3) is 4.11. The van der Waals surface area contributed by atoms with Gasteiger partial charge in [0.05, 0.1) is 39.2 Å². The molecule has 1 fully saturated rings. The summed E-state index contributed by atoms with van der Waals surface area (Å²) >= 11 is 1.63. The normalized spacial score (nSPS) is 22.4. The molecule has 6 nitrogen and oxygen atoms in total. The average molecular weight is 442 g/mol. The predicted molar refractivity (Wildman–Crippen MR) is 119 cm³/mol. The summed E-state index contributed by atoms with van der Waals surface area (Å²) in [7, 11) is 3.20. The SMILES string of the molecule is CCOC(=O)[C@@H]1CCN2C(=O)Cc3cc(OC)c(OC)cc3[C@@H]2[C@@H]1Sc1ccccc1. The van der Waals surface area contributed by atoms with Crippen LogP contribution in [0.5, 0.6) is 11.5 Å². The molecule has 0 saturated carbocycles. The van der Waals surface area contributed by atoms with Crippen molar-refractivity contribution < 1.29 is 23.8 Å². The first-order chi connectivity index (χ1) is 15.1. The zero-order valence-corrected chi connectivity index (χ0v) is 18.8. The third-order valence-electron chi connectivity index (χ3n) is 5.96. The minimum absolute atomic E-state index is 0.0747. The minimum Gasteiger partial charge on any atom is -0.493 e. The molecule has 3 atom stereocenters. The predicted octanol–water partition coefficient (Wildman–Crippen LogP) is 3.87. The number of ether oxygens (including phenoxy) is 3. The van der Waals surface area contributed by atoms with E-state index in [1.54, 1.807) is 26.0 Å². The molecule has 7 heteroatoms. The van der Waals surface area contributed by atoms with Gasteiger partial charge in [0.25, 0.3) is 0 Å². The number of fused-ring (bicyclic) bond motifs is 3. The number of carbonyl (C=O) groups is 2. The monoisotopic (exact) mass is 441 g/mol. The Labute approximate surface area is 186 Å². The Morgan fingerprint density at radius 2 is 1.84 bits per heavy atom. The van der Waals surface area contributed by atoms with Crippen molar-refractivity contribution in [1.29, 1.82) is 0 Å². The summed E-state index contributed by atoms with van der Waals surface area (Å²) < 4.78 is 16.4. The fourth-order valence-corrected chi connectivity index (χ4v) is 6.00. The maximum Gasteiger partial charge on any atom is 0.310 e. The summed E-state index contributed by atoms with van der Waals surface area (Å²) in [5, 5.41) is -0.170. The molecule has 0 radical (unpaired) electrons. The molecule has 2 aliphatic heterocycles. The first kappa shape index (κ1) is 21.6. The van der Waals surface area contributed by atoms with Crippen molar-refractivity contribution in [3.05, 3.63) is 53.6 Å². The Balaban J connectivity index is 1.81. The first-order valence-electron chi connectivity index (χ1n) is 10.5. The van der Waals surface area contributed by atoms with Gasteiger partial charge in [0.15, 0.2) is 11.5 Å². The molecule has 0 unspecified atom stereocenters. The smallest absolute Gasteiger partial charge is 0.310 e. The summed E-state index contributed by atoms with van der Waals surface area (Å²) in [5.41, 5.74) is 1.94. The molecule has 0 bridgehead atoms. The lowest BCUT2D eigenvalue weighted by Gasteiger charge is -2.47. The lowest BCUT2D eigenvalue weighted by atomic mass is 9.81. The first-order valence-corrected chi connectivity index (χ1v) is 11.4. The van der Waals surface area contributed by atoms with Crippen LogP contribution in [0.25, 0.3) is 0 Å². The van der Waals surface area contributed by atoms with Crippen LogP contribution in [0, 0.1) is 5.92 Å². The molecule has 1 saturated heterocycles. The van der Waals surface area contributed by atoms with Gasteiger partial charge in [-0.1, -0.05) is 18.2 Å². The zero-order valence-electron chi connectivity index (χ0n) is 18.0. The quantitative estimate of drug-likeness (QED) is 0.634. The molecule has 2 aromatic rings. The lowest BCUT2D eigenvalue weighted by Crippen LogP contribution is -2.52. The molecule has 0 N–H and O–H groups in total. The van der Waals surface area contributed by atoms with Crippen molar-refractivity contribution in [1.82, 2.24) is 4.90 Å². The Morgan fingerprint density at radius 1 is 1.13 bits per heavy atom. The number of amides is 1. The number of esters is 1. The van der Waals surface area contributed by atoms with Crippen LogP contribution in [0.2, 0.25) is 0 Å². The maximum atomic E-state index is 13.1. The second-order valence-electron chi connectivity index (χ2n) is 7.66. The maximum absolute atomic E-state index is 13.1. The molecule has 1 amide bonds. The number of nitrogens with zero attached hydrogens (tertiary/aromatic N) is 1. The van der Waals surface area contributed by atoms with E-state index < -0.39 is 0 Å². The van der Waals surface area contributed by atoms with Gasteiger partial charge < -0.3 is 19.1 Å². The number of rotatable bonds is 6. The van der Waals surface area contributed by atoms with E-state index in [1.807, 2.05) is 54.3 Å². The highest BCUT2D eigenvalue weighted by atomic mass is 32.2. The summed E-state index contributed by atoms with van der Waals surface area (Å²) in [4.78, 5) is 29.0. The van der Waals surface area contributed by atoms with Gasteiger partial charge in [0, 0.05) is 16.7 Å². The highest BCUT2D eigenvalue weighted by Gasteiger charge is 2.48. The second-order valence-corrected chi connectivity index (χ2v) is 8.91. The van der Waals surface area contributed by atoms with E-state index in [1.165, 1.54) is 0 Å². The number of thioether (sulfide) groups is 1. The standard InChI is InChI=1S/C24H27NO5S/c1-4-30-24(27)17-10-11-25-21(26)13-15-12-19(28-2)20(29-3)14-18(15)22(25)23(17)31-16-8-6-5-7-9-16/h5-9,12,14,17,22-23H,4,10-11,13H2,1-3H3/t17-,22-,23-/m1/s1. The average Bonchev–Trinajstić information content (AvgIpc) is 2.79. The largest absolute Gasteiger partial charge is 0.493 e. The van der Waals surface area contributed by atoms with Gasteiger partial charge >= 0.3 is 5.97 Å². The fourth-order valence-electron chi connectivity index (χ4n) is 4.54.